The minimum absolute atomic E-state index is 0.119. The zero-order valence-corrected chi connectivity index (χ0v) is 22.7. The number of hydrogen-bond acceptors (Lipinski definition) is 8. The number of amides is 1. The number of pyridine rings is 1. The molecular formula is C25H20Cl2N2O6S2. The van der Waals surface area contributed by atoms with Gasteiger partial charge in [0.05, 0.1) is 23.8 Å². The Morgan fingerprint density at radius 1 is 1.14 bits per heavy atom. The molecule has 1 atom stereocenters. The number of hydrogen-bond donors (Lipinski definition) is 1. The Balaban J connectivity index is 1.40. The number of halogens is 2. The maximum Gasteiger partial charge on any atom is 0.265 e. The van der Waals surface area contributed by atoms with Crippen LogP contribution in [0.2, 0.25) is 10.2 Å². The molecule has 1 aliphatic rings. The molecule has 37 heavy (non-hydrogen) atoms. The zero-order valence-electron chi connectivity index (χ0n) is 19.6. The Bertz CT molecular complexity index is 1640. The van der Waals surface area contributed by atoms with Crippen LogP contribution >= 0.6 is 34.5 Å². The number of fused-ring (bicyclic) bond motifs is 2. The first-order chi connectivity index (χ1) is 17.6. The minimum Gasteiger partial charge on any atom is -0.493 e. The van der Waals surface area contributed by atoms with E-state index >= 15 is 0 Å². The fourth-order valence-corrected chi connectivity index (χ4v) is 6.58. The zero-order chi connectivity index (χ0) is 26.3. The monoisotopic (exact) mass is 578 g/mol. The highest BCUT2D eigenvalue weighted by Crippen LogP contribution is 2.41. The number of benzene rings is 2. The van der Waals surface area contributed by atoms with Crippen molar-refractivity contribution in [1.82, 2.24) is 4.98 Å². The lowest BCUT2D eigenvalue weighted by molar-refractivity contribution is 0.103. The number of methoxy groups -OCH3 is 1. The van der Waals surface area contributed by atoms with Crippen LogP contribution < -0.4 is 19.5 Å². The van der Waals surface area contributed by atoms with E-state index in [9.17, 15) is 13.2 Å². The molecule has 3 heterocycles. The van der Waals surface area contributed by atoms with Crippen LogP contribution in [0.3, 0.4) is 0 Å². The van der Waals surface area contributed by atoms with E-state index in [4.69, 9.17) is 37.4 Å². The number of rotatable bonds is 6. The van der Waals surface area contributed by atoms with Crippen LogP contribution in [-0.2, 0) is 9.84 Å². The van der Waals surface area contributed by atoms with E-state index in [1.807, 2.05) is 0 Å². The van der Waals surface area contributed by atoms with E-state index in [0.717, 1.165) is 10.1 Å². The summed E-state index contributed by atoms with van der Waals surface area (Å²) in [5.74, 6) is 1.11. The van der Waals surface area contributed by atoms with Crippen LogP contribution in [0.1, 0.15) is 26.9 Å². The Hall–Kier alpha value is -3.05. The third kappa shape index (κ3) is 5.47. The molecule has 0 fully saturated rings. The fourth-order valence-electron chi connectivity index (χ4n) is 4.08. The van der Waals surface area contributed by atoms with Crippen molar-refractivity contribution in [3.05, 3.63) is 69.1 Å². The second-order valence-corrected chi connectivity index (χ2v) is 12.5. The predicted octanol–water partition coefficient (Wildman–Crippen LogP) is 6.52. The van der Waals surface area contributed by atoms with Gasteiger partial charge in [-0.25, -0.2) is 13.4 Å². The van der Waals surface area contributed by atoms with Crippen LogP contribution in [0.5, 0.6) is 23.1 Å². The van der Waals surface area contributed by atoms with Gasteiger partial charge in [0.2, 0.25) is 5.88 Å². The topological polar surface area (TPSA) is 104 Å². The van der Waals surface area contributed by atoms with Crippen molar-refractivity contribution in [1.29, 1.82) is 0 Å². The molecule has 0 bridgehead atoms. The van der Waals surface area contributed by atoms with Crippen molar-refractivity contribution < 1.29 is 27.4 Å². The molecule has 1 N–H and O–H groups in total. The molecule has 1 unspecified atom stereocenters. The van der Waals surface area contributed by atoms with Gasteiger partial charge in [0.25, 0.3) is 5.91 Å². The van der Waals surface area contributed by atoms with E-state index in [0.29, 0.717) is 51.4 Å². The van der Waals surface area contributed by atoms with Gasteiger partial charge in [-0.05, 0) is 41.8 Å². The second kappa shape index (κ2) is 10.0. The molecule has 1 amide bonds. The van der Waals surface area contributed by atoms with E-state index in [1.165, 1.54) is 36.8 Å². The molecule has 1 aliphatic heterocycles. The maximum atomic E-state index is 13.1. The van der Waals surface area contributed by atoms with Gasteiger partial charge in [-0.2, -0.15) is 0 Å². The summed E-state index contributed by atoms with van der Waals surface area (Å²) in [7, 11) is -1.81. The Labute approximate surface area is 227 Å². The molecule has 12 heteroatoms. The van der Waals surface area contributed by atoms with Crippen LogP contribution in [0.15, 0.2) is 48.5 Å². The smallest absolute Gasteiger partial charge is 0.265 e. The molecule has 0 saturated heterocycles. The lowest BCUT2D eigenvalue weighted by Gasteiger charge is -2.24. The molecule has 4 aromatic rings. The van der Waals surface area contributed by atoms with Gasteiger partial charge >= 0.3 is 0 Å². The van der Waals surface area contributed by atoms with Crippen molar-refractivity contribution in [2.45, 2.75) is 11.7 Å². The van der Waals surface area contributed by atoms with Crippen LogP contribution in [0.25, 0.3) is 10.1 Å². The molecule has 192 valence electrons. The third-order valence-electron chi connectivity index (χ3n) is 5.74. The fraction of sp³-hybridized carbons (Fsp3) is 0.200. The molecule has 0 aliphatic carbocycles. The summed E-state index contributed by atoms with van der Waals surface area (Å²) in [6.45, 7) is 0.323. The van der Waals surface area contributed by atoms with Crippen molar-refractivity contribution in [3.63, 3.8) is 0 Å². The molecule has 0 spiro atoms. The van der Waals surface area contributed by atoms with E-state index < -0.39 is 15.1 Å². The van der Waals surface area contributed by atoms with Crippen molar-refractivity contribution in [3.8, 4) is 23.1 Å². The van der Waals surface area contributed by atoms with Crippen LogP contribution in [0, 0.1) is 0 Å². The number of carbonyl (C=O) groups is 1. The van der Waals surface area contributed by atoms with E-state index in [1.54, 1.807) is 36.4 Å². The van der Waals surface area contributed by atoms with Gasteiger partial charge in [-0.15, -0.1) is 11.3 Å². The molecule has 2 aromatic carbocycles. The Kier molecular flexibility index (Phi) is 6.93. The largest absolute Gasteiger partial charge is 0.493 e. The first-order valence-corrected chi connectivity index (χ1v) is 14.5. The number of nitrogens with one attached hydrogen (secondary N) is 1. The lowest BCUT2D eigenvalue weighted by Crippen LogP contribution is -2.20. The van der Waals surface area contributed by atoms with Gasteiger partial charge in [0.15, 0.2) is 21.3 Å². The van der Waals surface area contributed by atoms with Gasteiger partial charge in [0.1, 0.15) is 10.9 Å². The number of sulfone groups is 1. The number of ether oxygens (including phenoxy) is 3. The average molecular weight is 579 g/mol. The number of carbonyl (C=O) groups excluding carboxylic acids is 1. The number of thiophene rings is 1. The quantitative estimate of drug-likeness (QED) is 0.259. The van der Waals surface area contributed by atoms with Crippen LogP contribution in [-0.4, -0.2) is 39.3 Å². The highest BCUT2D eigenvalue weighted by Gasteiger charge is 2.30. The molecule has 2 aromatic heterocycles. The maximum absolute atomic E-state index is 13.1. The summed E-state index contributed by atoms with van der Waals surface area (Å²) >= 11 is 13.5. The number of aromatic nitrogens is 1. The number of nitrogens with zero attached hydrogens (tertiary/aromatic N) is 1. The summed E-state index contributed by atoms with van der Waals surface area (Å²) in [4.78, 5) is 17.7. The summed E-state index contributed by atoms with van der Waals surface area (Å²) < 4.78 is 42.2. The molecule has 8 nitrogen and oxygen atoms in total. The normalized spacial score (nSPS) is 15.1. The lowest BCUT2D eigenvalue weighted by atomic mass is 10.0. The number of anilines is 1. The average Bonchev–Trinajstić information content (AvgIpc) is 3.25. The highest BCUT2D eigenvalue weighted by molar-refractivity contribution is 7.90. The molecule has 0 saturated carbocycles. The van der Waals surface area contributed by atoms with Gasteiger partial charge in [-0.1, -0.05) is 23.2 Å². The minimum atomic E-state index is -3.30. The second-order valence-electron chi connectivity index (χ2n) is 8.36. The van der Waals surface area contributed by atoms with Gasteiger partial charge < -0.3 is 19.5 Å². The predicted molar refractivity (Wildman–Crippen MR) is 145 cm³/mol. The first kappa shape index (κ1) is 25.6. The SMILES string of the molecule is COc1cc(Cl)ccc1Oc1cc(NC(=O)c2cc3cc4c(cc3s2)OCCC4S(C)(=O)=O)cc(Cl)n1. The van der Waals surface area contributed by atoms with E-state index in [2.05, 4.69) is 10.3 Å². The standard InChI is InChI=1S/C25H20Cl2N2O6S2/c1-33-19-9-14(26)3-4-17(19)35-24-11-15(10-23(27)29-24)28-25(30)21-8-13-7-16-18(12-20(13)36-21)34-6-5-22(16)37(2,31)32/h3-4,7-12,22H,5-6H2,1-2H3,(H,28,29,30). The summed E-state index contributed by atoms with van der Waals surface area (Å²) in [6, 6.07) is 13.2. The van der Waals surface area contributed by atoms with Crippen molar-refractivity contribution in [2.24, 2.45) is 0 Å². The highest BCUT2D eigenvalue weighted by atomic mass is 35.5. The van der Waals surface area contributed by atoms with Gasteiger partial charge in [0, 0.05) is 45.8 Å². The van der Waals surface area contributed by atoms with Gasteiger partial charge in [-0.3, -0.25) is 4.79 Å². The van der Waals surface area contributed by atoms with Crippen molar-refractivity contribution >= 4 is 66.1 Å². The van der Waals surface area contributed by atoms with E-state index in [-0.39, 0.29) is 16.9 Å². The summed E-state index contributed by atoms with van der Waals surface area (Å²) in [5, 5.41) is 3.55. The molecular weight excluding hydrogens is 559 g/mol. The molecule has 5 rings (SSSR count). The Morgan fingerprint density at radius 3 is 2.70 bits per heavy atom. The first-order valence-electron chi connectivity index (χ1n) is 11.0. The third-order valence-corrected chi connectivity index (χ3v) is 8.79. The van der Waals surface area contributed by atoms with Crippen LogP contribution in [0.4, 0.5) is 5.69 Å². The summed E-state index contributed by atoms with van der Waals surface area (Å²) in [6.07, 6.45) is 1.62. The Morgan fingerprint density at radius 2 is 1.95 bits per heavy atom. The summed E-state index contributed by atoms with van der Waals surface area (Å²) in [5.41, 5.74) is 0.997. The van der Waals surface area contributed by atoms with Crippen molar-refractivity contribution in [2.75, 3.05) is 25.3 Å². The molecule has 0 radical (unpaired) electrons.